The molecule has 0 spiro atoms. The quantitative estimate of drug-likeness (QED) is 0.586. The molecular formula is C13H21NOSi. The molecule has 0 atom stereocenters. The minimum Gasteiger partial charge on any atom is -0.533 e. The van der Waals surface area contributed by atoms with Crippen LogP contribution in [0.1, 0.15) is 5.56 Å². The first-order valence-electron chi connectivity index (χ1n) is 5.51. The Hall–Kier alpha value is -1.22. The number of hydrogen-bond acceptors (Lipinski definition) is 2. The van der Waals surface area contributed by atoms with Crippen LogP contribution in [-0.2, 0) is 4.43 Å². The molecule has 16 heavy (non-hydrogen) atoms. The lowest BCUT2D eigenvalue weighted by molar-refractivity contribution is 0.282. The SMILES string of the molecule is CN(C)/C(=C\c1ccccc1)O[Si](C)(C)C. The van der Waals surface area contributed by atoms with Gasteiger partial charge in [0.15, 0.2) is 5.88 Å². The van der Waals surface area contributed by atoms with Crippen LogP contribution in [0.4, 0.5) is 0 Å². The smallest absolute Gasteiger partial charge is 0.244 e. The number of rotatable bonds is 4. The van der Waals surface area contributed by atoms with E-state index in [1.165, 1.54) is 5.56 Å². The van der Waals surface area contributed by atoms with Crippen molar-refractivity contribution in [3.05, 3.63) is 41.8 Å². The molecule has 0 heterocycles. The molecule has 2 nitrogen and oxygen atoms in total. The van der Waals surface area contributed by atoms with Crippen LogP contribution in [0, 0.1) is 0 Å². The maximum absolute atomic E-state index is 6.03. The predicted octanol–water partition coefficient (Wildman–Crippen LogP) is 3.40. The third kappa shape index (κ3) is 4.53. The molecule has 1 aromatic carbocycles. The number of nitrogens with zero attached hydrogens (tertiary/aromatic N) is 1. The van der Waals surface area contributed by atoms with Gasteiger partial charge in [0.1, 0.15) is 0 Å². The highest BCUT2D eigenvalue weighted by molar-refractivity contribution is 6.70. The molecule has 0 saturated heterocycles. The van der Waals surface area contributed by atoms with E-state index >= 15 is 0 Å². The van der Waals surface area contributed by atoms with Gasteiger partial charge in [-0.2, -0.15) is 0 Å². The summed E-state index contributed by atoms with van der Waals surface area (Å²) < 4.78 is 6.03. The van der Waals surface area contributed by atoms with Crippen LogP contribution < -0.4 is 0 Å². The first kappa shape index (κ1) is 12.8. The topological polar surface area (TPSA) is 12.5 Å². The summed E-state index contributed by atoms with van der Waals surface area (Å²) in [6.45, 7) is 6.57. The van der Waals surface area contributed by atoms with Crippen LogP contribution in [0.15, 0.2) is 36.2 Å². The van der Waals surface area contributed by atoms with E-state index in [-0.39, 0.29) is 0 Å². The zero-order chi connectivity index (χ0) is 12.2. The average Bonchev–Trinajstić information content (AvgIpc) is 2.16. The molecule has 0 saturated carbocycles. The molecule has 0 radical (unpaired) electrons. The van der Waals surface area contributed by atoms with Gasteiger partial charge in [-0.25, -0.2) is 0 Å². The maximum Gasteiger partial charge on any atom is 0.244 e. The summed E-state index contributed by atoms with van der Waals surface area (Å²) in [6, 6.07) is 10.3. The van der Waals surface area contributed by atoms with E-state index in [1.54, 1.807) is 0 Å². The molecule has 0 bridgehead atoms. The summed E-state index contributed by atoms with van der Waals surface area (Å²) in [5.74, 6) is 0.936. The Labute approximate surface area is 99.7 Å². The van der Waals surface area contributed by atoms with E-state index in [0.717, 1.165) is 5.88 Å². The predicted molar refractivity (Wildman–Crippen MR) is 72.5 cm³/mol. The second kappa shape index (κ2) is 5.21. The van der Waals surface area contributed by atoms with E-state index in [0.29, 0.717) is 0 Å². The Morgan fingerprint density at radius 1 is 1.12 bits per heavy atom. The molecule has 0 aliphatic heterocycles. The van der Waals surface area contributed by atoms with Gasteiger partial charge < -0.3 is 9.33 Å². The van der Waals surface area contributed by atoms with Crippen molar-refractivity contribution in [1.29, 1.82) is 0 Å². The highest BCUT2D eigenvalue weighted by atomic mass is 28.4. The van der Waals surface area contributed by atoms with Crippen molar-refractivity contribution in [2.75, 3.05) is 14.1 Å². The van der Waals surface area contributed by atoms with Crippen LogP contribution in [0.3, 0.4) is 0 Å². The molecule has 88 valence electrons. The normalized spacial score (nSPS) is 12.4. The number of benzene rings is 1. The molecule has 0 unspecified atom stereocenters. The van der Waals surface area contributed by atoms with Crippen molar-refractivity contribution in [2.24, 2.45) is 0 Å². The lowest BCUT2D eigenvalue weighted by atomic mass is 10.2. The fourth-order valence-corrected chi connectivity index (χ4v) is 2.12. The summed E-state index contributed by atoms with van der Waals surface area (Å²) in [6.07, 6.45) is 2.08. The Morgan fingerprint density at radius 2 is 1.69 bits per heavy atom. The van der Waals surface area contributed by atoms with E-state index in [4.69, 9.17) is 4.43 Å². The third-order valence-corrected chi connectivity index (χ3v) is 2.76. The molecule has 0 fully saturated rings. The molecule has 1 rings (SSSR count). The Kier molecular flexibility index (Phi) is 4.18. The third-order valence-electron chi connectivity index (χ3n) is 1.94. The Bertz CT molecular complexity index is 352. The van der Waals surface area contributed by atoms with Crippen molar-refractivity contribution < 1.29 is 4.43 Å². The van der Waals surface area contributed by atoms with Crippen LogP contribution in [0.25, 0.3) is 6.08 Å². The molecule has 0 aromatic heterocycles. The van der Waals surface area contributed by atoms with Gasteiger partial charge in [0, 0.05) is 20.2 Å². The molecule has 0 N–H and O–H groups in total. The standard InChI is InChI=1S/C13H21NOSi/c1-14(2)13(15-16(3,4)5)11-12-9-7-6-8-10-12/h6-11H,1-5H3/b13-11+. The first-order valence-corrected chi connectivity index (χ1v) is 8.92. The van der Waals surface area contributed by atoms with E-state index in [9.17, 15) is 0 Å². The molecule has 0 aliphatic rings. The van der Waals surface area contributed by atoms with Crippen molar-refractivity contribution in [2.45, 2.75) is 19.6 Å². The van der Waals surface area contributed by atoms with Crippen molar-refractivity contribution in [3.8, 4) is 0 Å². The maximum atomic E-state index is 6.03. The van der Waals surface area contributed by atoms with Gasteiger partial charge in [-0.3, -0.25) is 0 Å². The minimum atomic E-state index is -1.55. The zero-order valence-electron chi connectivity index (χ0n) is 10.8. The Balaban J connectivity index is 2.90. The first-order chi connectivity index (χ1) is 7.38. The van der Waals surface area contributed by atoms with Gasteiger partial charge in [-0.1, -0.05) is 30.3 Å². The van der Waals surface area contributed by atoms with Crippen LogP contribution in [0.5, 0.6) is 0 Å². The van der Waals surface area contributed by atoms with Crippen molar-refractivity contribution >= 4 is 14.4 Å². The molecule has 1 aromatic rings. The average molecular weight is 235 g/mol. The van der Waals surface area contributed by atoms with Gasteiger partial charge in [-0.05, 0) is 25.2 Å². The Morgan fingerprint density at radius 3 is 2.12 bits per heavy atom. The van der Waals surface area contributed by atoms with Crippen molar-refractivity contribution in [1.82, 2.24) is 4.90 Å². The molecule has 0 aliphatic carbocycles. The van der Waals surface area contributed by atoms with Crippen LogP contribution in [0.2, 0.25) is 19.6 Å². The van der Waals surface area contributed by atoms with E-state index in [1.807, 2.05) is 37.2 Å². The van der Waals surface area contributed by atoms with Crippen LogP contribution >= 0.6 is 0 Å². The summed E-state index contributed by atoms with van der Waals surface area (Å²) in [5, 5.41) is 0. The van der Waals surface area contributed by atoms with E-state index < -0.39 is 8.32 Å². The summed E-state index contributed by atoms with van der Waals surface area (Å²) in [7, 11) is 2.47. The lowest BCUT2D eigenvalue weighted by Crippen LogP contribution is -2.29. The second-order valence-electron chi connectivity index (χ2n) is 5.00. The largest absolute Gasteiger partial charge is 0.533 e. The number of hydrogen-bond donors (Lipinski definition) is 0. The van der Waals surface area contributed by atoms with Gasteiger partial charge in [0.2, 0.25) is 8.32 Å². The van der Waals surface area contributed by atoms with Crippen LogP contribution in [-0.4, -0.2) is 27.3 Å². The highest BCUT2D eigenvalue weighted by Gasteiger charge is 2.18. The molecule has 3 heteroatoms. The van der Waals surface area contributed by atoms with Gasteiger partial charge in [0.05, 0.1) is 0 Å². The minimum absolute atomic E-state index is 0.936. The fraction of sp³-hybridized carbons (Fsp3) is 0.385. The monoisotopic (exact) mass is 235 g/mol. The molecular weight excluding hydrogens is 214 g/mol. The zero-order valence-corrected chi connectivity index (χ0v) is 11.8. The van der Waals surface area contributed by atoms with E-state index in [2.05, 4.69) is 37.8 Å². The molecule has 0 amide bonds. The summed E-state index contributed by atoms with van der Waals surface area (Å²) >= 11 is 0. The second-order valence-corrected chi connectivity index (χ2v) is 9.43. The highest BCUT2D eigenvalue weighted by Crippen LogP contribution is 2.15. The van der Waals surface area contributed by atoms with Gasteiger partial charge in [-0.15, -0.1) is 0 Å². The van der Waals surface area contributed by atoms with Gasteiger partial charge in [0.25, 0.3) is 0 Å². The van der Waals surface area contributed by atoms with Crippen molar-refractivity contribution in [3.63, 3.8) is 0 Å². The lowest BCUT2D eigenvalue weighted by Gasteiger charge is -2.26. The summed E-state index contributed by atoms with van der Waals surface area (Å²) in [5.41, 5.74) is 1.17. The fourth-order valence-electron chi connectivity index (χ4n) is 1.26. The summed E-state index contributed by atoms with van der Waals surface area (Å²) in [4.78, 5) is 2.02. The van der Waals surface area contributed by atoms with Gasteiger partial charge >= 0.3 is 0 Å².